The third-order valence-corrected chi connectivity index (χ3v) is 2.38. The molecule has 0 aliphatic rings. The zero-order valence-electron chi connectivity index (χ0n) is 8.08. The van der Waals surface area contributed by atoms with E-state index >= 15 is 0 Å². The summed E-state index contributed by atoms with van der Waals surface area (Å²) in [6.07, 6.45) is 3.37. The first-order valence-electron chi connectivity index (χ1n) is 4.30. The minimum atomic E-state index is 0.459. The predicted octanol–water partition coefficient (Wildman–Crippen LogP) is 1.31. The van der Waals surface area contributed by atoms with E-state index in [-0.39, 0.29) is 0 Å². The molecule has 0 amide bonds. The molecule has 0 aromatic carbocycles. The van der Waals surface area contributed by atoms with Crippen molar-refractivity contribution in [3.8, 4) is 0 Å². The molecule has 0 atom stereocenters. The molecule has 2 aromatic rings. The zero-order valence-corrected chi connectivity index (χ0v) is 8.90. The largest absolute Gasteiger partial charge is 0.384 e. The summed E-state index contributed by atoms with van der Waals surface area (Å²) in [6.45, 7) is 1.80. The Kier molecular flexibility index (Phi) is 2.77. The molecule has 2 rings (SSSR count). The molecule has 0 aliphatic carbocycles. The maximum atomic E-state index is 5.61. The second kappa shape index (κ2) is 4.22. The van der Waals surface area contributed by atoms with Crippen LogP contribution in [0, 0.1) is 6.92 Å². The van der Waals surface area contributed by atoms with Gasteiger partial charge >= 0.3 is 0 Å². The topological polar surface area (TPSA) is 77.6 Å². The Morgan fingerprint density at radius 1 is 1.20 bits per heavy atom. The number of nitrogen functional groups attached to an aromatic ring is 1. The normalized spacial score (nSPS) is 10.2. The SMILES string of the molecule is Cc1nc(N)cc(Sc2ncccn2)n1. The number of hydrogen-bond donors (Lipinski definition) is 1. The summed E-state index contributed by atoms with van der Waals surface area (Å²) < 4.78 is 0. The van der Waals surface area contributed by atoms with E-state index in [0.29, 0.717) is 16.8 Å². The molecule has 0 saturated carbocycles. The van der Waals surface area contributed by atoms with Gasteiger partial charge in [0.2, 0.25) is 0 Å². The molecule has 2 heterocycles. The van der Waals surface area contributed by atoms with Gasteiger partial charge in [0.1, 0.15) is 16.7 Å². The van der Waals surface area contributed by atoms with Gasteiger partial charge in [0, 0.05) is 18.5 Å². The van der Waals surface area contributed by atoms with Crippen LogP contribution in [0.15, 0.2) is 34.7 Å². The molecule has 6 heteroatoms. The van der Waals surface area contributed by atoms with E-state index in [2.05, 4.69) is 19.9 Å². The molecule has 5 nitrogen and oxygen atoms in total. The van der Waals surface area contributed by atoms with Crippen LogP contribution in [0.1, 0.15) is 5.82 Å². The molecule has 15 heavy (non-hydrogen) atoms. The molecule has 2 aromatic heterocycles. The van der Waals surface area contributed by atoms with Crippen molar-refractivity contribution in [1.82, 2.24) is 19.9 Å². The highest BCUT2D eigenvalue weighted by Gasteiger charge is 2.03. The van der Waals surface area contributed by atoms with Crippen molar-refractivity contribution in [3.05, 3.63) is 30.4 Å². The maximum Gasteiger partial charge on any atom is 0.193 e. The Morgan fingerprint density at radius 3 is 2.60 bits per heavy atom. The van der Waals surface area contributed by atoms with Crippen molar-refractivity contribution in [2.75, 3.05) is 5.73 Å². The summed E-state index contributed by atoms with van der Waals surface area (Å²) in [5.74, 6) is 1.11. The quantitative estimate of drug-likeness (QED) is 0.606. The lowest BCUT2D eigenvalue weighted by Gasteiger charge is -2.01. The van der Waals surface area contributed by atoms with E-state index in [1.54, 1.807) is 31.5 Å². The van der Waals surface area contributed by atoms with E-state index in [9.17, 15) is 0 Å². The Balaban J connectivity index is 2.25. The lowest BCUT2D eigenvalue weighted by Crippen LogP contribution is -1.96. The Hall–Kier alpha value is -1.69. The third kappa shape index (κ3) is 2.63. The molecular formula is C9H9N5S. The second-order valence-electron chi connectivity index (χ2n) is 2.81. The number of nitrogens with zero attached hydrogens (tertiary/aromatic N) is 4. The van der Waals surface area contributed by atoms with E-state index < -0.39 is 0 Å². The standard InChI is InChI=1S/C9H9N5S/c1-6-13-7(10)5-8(14-6)15-9-11-3-2-4-12-9/h2-5H,1H3,(H2,10,13,14). The fourth-order valence-electron chi connectivity index (χ4n) is 1.05. The van der Waals surface area contributed by atoms with Crippen molar-refractivity contribution in [1.29, 1.82) is 0 Å². The molecule has 76 valence electrons. The molecule has 0 unspecified atom stereocenters. The van der Waals surface area contributed by atoms with Crippen LogP contribution in [0.4, 0.5) is 5.82 Å². The van der Waals surface area contributed by atoms with Crippen molar-refractivity contribution in [3.63, 3.8) is 0 Å². The molecule has 0 radical (unpaired) electrons. The van der Waals surface area contributed by atoms with E-state index in [1.807, 2.05) is 0 Å². The van der Waals surface area contributed by atoms with Crippen molar-refractivity contribution < 1.29 is 0 Å². The number of nitrogens with two attached hydrogens (primary N) is 1. The van der Waals surface area contributed by atoms with Crippen LogP contribution in [-0.2, 0) is 0 Å². The molecule has 0 bridgehead atoms. The number of rotatable bonds is 2. The summed E-state index contributed by atoms with van der Waals surface area (Å²) in [6, 6.07) is 3.47. The van der Waals surface area contributed by atoms with Crippen LogP contribution in [0.25, 0.3) is 0 Å². The zero-order chi connectivity index (χ0) is 10.7. The van der Waals surface area contributed by atoms with E-state index in [0.717, 1.165) is 5.03 Å². The van der Waals surface area contributed by atoms with Crippen molar-refractivity contribution >= 4 is 17.6 Å². The average molecular weight is 219 g/mol. The highest BCUT2D eigenvalue weighted by molar-refractivity contribution is 7.99. The van der Waals surface area contributed by atoms with Crippen LogP contribution >= 0.6 is 11.8 Å². The van der Waals surface area contributed by atoms with Gasteiger partial charge in [-0.2, -0.15) is 0 Å². The summed E-state index contributed by atoms with van der Waals surface area (Å²) in [4.78, 5) is 16.4. The van der Waals surface area contributed by atoms with Gasteiger partial charge in [-0.05, 0) is 24.8 Å². The average Bonchev–Trinajstić information content (AvgIpc) is 2.17. The van der Waals surface area contributed by atoms with Crippen LogP contribution < -0.4 is 5.73 Å². The lowest BCUT2D eigenvalue weighted by molar-refractivity contribution is 0.940. The first-order chi connectivity index (χ1) is 7.24. The van der Waals surface area contributed by atoms with Gasteiger partial charge in [-0.3, -0.25) is 0 Å². The minimum Gasteiger partial charge on any atom is -0.384 e. The van der Waals surface area contributed by atoms with Gasteiger partial charge in [0.15, 0.2) is 5.16 Å². The lowest BCUT2D eigenvalue weighted by atomic mass is 10.5. The number of aromatic nitrogens is 4. The fourth-order valence-corrected chi connectivity index (χ4v) is 1.82. The predicted molar refractivity (Wildman–Crippen MR) is 57.3 cm³/mol. The molecule has 0 spiro atoms. The third-order valence-electron chi connectivity index (χ3n) is 1.57. The van der Waals surface area contributed by atoms with Gasteiger partial charge in [-0.1, -0.05) is 0 Å². The molecule has 0 aliphatic heterocycles. The smallest absolute Gasteiger partial charge is 0.193 e. The Labute approximate surface area is 91.2 Å². The highest BCUT2D eigenvalue weighted by atomic mass is 32.2. The van der Waals surface area contributed by atoms with Crippen molar-refractivity contribution in [2.45, 2.75) is 17.1 Å². The highest BCUT2D eigenvalue weighted by Crippen LogP contribution is 2.22. The van der Waals surface area contributed by atoms with Gasteiger partial charge in [-0.25, -0.2) is 19.9 Å². The second-order valence-corrected chi connectivity index (χ2v) is 3.80. The first kappa shape index (κ1) is 9.85. The van der Waals surface area contributed by atoms with E-state index in [4.69, 9.17) is 5.73 Å². The molecular weight excluding hydrogens is 210 g/mol. The Bertz CT molecular complexity index is 439. The van der Waals surface area contributed by atoms with Crippen LogP contribution in [0.5, 0.6) is 0 Å². The fraction of sp³-hybridized carbons (Fsp3) is 0.111. The summed E-state index contributed by atoms with van der Waals surface area (Å²) >= 11 is 1.36. The molecule has 2 N–H and O–H groups in total. The minimum absolute atomic E-state index is 0.459. The number of hydrogen-bond acceptors (Lipinski definition) is 6. The van der Waals surface area contributed by atoms with Gasteiger partial charge in [-0.15, -0.1) is 0 Å². The summed E-state index contributed by atoms with van der Waals surface area (Å²) in [5, 5.41) is 1.40. The first-order valence-corrected chi connectivity index (χ1v) is 5.12. The maximum absolute atomic E-state index is 5.61. The van der Waals surface area contributed by atoms with Gasteiger partial charge in [0.05, 0.1) is 0 Å². The van der Waals surface area contributed by atoms with Crippen molar-refractivity contribution in [2.24, 2.45) is 0 Å². The Morgan fingerprint density at radius 2 is 1.93 bits per heavy atom. The summed E-state index contributed by atoms with van der Waals surface area (Å²) in [5.41, 5.74) is 5.61. The molecule has 0 fully saturated rings. The van der Waals surface area contributed by atoms with Crippen LogP contribution in [0.2, 0.25) is 0 Å². The van der Waals surface area contributed by atoms with E-state index in [1.165, 1.54) is 11.8 Å². The number of anilines is 1. The van der Waals surface area contributed by atoms with Gasteiger partial charge < -0.3 is 5.73 Å². The monoisotopic (exact) mass is 219 g/mol. The summed E-state index contributed by atoms with van der Waals surface area (Å²) in [7, 11) is 0. The van der Waals surface area contributed by atoms with Crippen LogP contribution in [0.3, 0.4) is 0 Å². The molecule has 0 saturated heterocycles. The number of aryl methyl sites for hydroxylation is 1. The van der Waals surface area contributed by atoms with Crippen LogP contribution in [-0.4, -0.2) is 19.9 Å². The van der Waals surface area contributed by atoms with Gasteiger partial charge in [0.25, 0.3) is 0 Å².